The Balaban J connectivity index is 1.35. The highest BCUT2D eigenvalue weighted by Crippen LogP contribution is 2.40. The molecule has 1 fully saturated rings. The predicted molar refractivity (Wildman–Crippen MR) is 102 cm³/mol. The van der Waals surface area contributed by atoms with Crippen LogP contribution in [0.4, 0.5) is 5.82 Å². The summed E-state index contributed by atoms with van der Waals surface area (Å²) in [4.78, 5) is 16.1. The first-order valence-electron chi connectivity index (χ1n) is 9.26. The lowest BCUT2D eigenvalue weighted by molar-refractivity contribution is -0.914. The number of quaternary nitrogens is 1. The van der Waals surface area contributed by atoms with Crippen molar-refractivity contribution >= 4 is 27.4 Å². The van der Waals surface area contributed by atoms with Crippen LogP contribution in [-0.4, -0.2) is 36.1 Å². The Morgan fingerprint density at radius 1 is 1.04 bits per heavy atom. The van der Waals surface area contributed by atoms with Gasteiger partial charge in [-0.15, -0.1) is 11.3 Å². The van der Waals surface area contributed by atoms with Gasteiger partial charge in [-0.25, -0.2) is 9.97 Å². The van der Waals surface area contributed by atoms with Crippen LogP contribution in [-0.2, 0) is 19.4 Å². The number of aryl methyl sites for hydroxylation is 2. The molecule has 0 bridgehead atoms. The lowest BCUT2D eigenvalue weighted by atomic mass is 10.1. The molecule has 4 nitrogen and oxygen atoms in total. The molecule has 25 heavy (non-hydrogen) atoms. The number of piperazine rings is 1. The third kappa shape index (κ3) is 2.81. The topological polar surface area (TPSA) is 33.5 Å². The molecule has 3 heterocycles. The van der Waals surface area contributed by atoms with Gasteiger partial charge < -0.3 is 9.80 Å². The van der Waals surface area contributed by atoms with Gasteiger partial charge in [0.15, 0.2) is 0 Å². The fourth-order valence-corrected chi connectivity index (χ4v) is 5.47. The maximum atomic E-state index is 4.70. The third-order valence-electron chi connectivity index (χ3n) is 5.55. The van der Waals surface area contributed by atoms with Crippen LogP contribution < -0.4 is 9.80 Å². The second kappa shape index (κ2) is 6.39. The Labute approximate surface area is 152 Å². The molecule has 5 rings (SSSR count). The summed E-state index contributed by atoms with van der Waals surface area (Å²) in [6.07, 6.45) is 5.48. The van der Waals surface area contributed by atoms with Crippen molar-refractivity contribution in [1.29, 1.82) is 0 Å². The van der Waals surface area contributed by atoms with Gasteiger partial charge in [-0.3, -0.25) is 0 Å². The quantitative estimate of drug-likeness (QED) is 0.784. The molecule has 1 aromatic carbocycles. The second-order valence-corrected chi connectivity index (χ2v) is 8.22. The summed E-state index contributed by atoms with van der Waals surface area (Å²) in [6.45, 7) is 5.64. The van der Waals surface area contributed by atoms with Crippen molar-refractivity contribution in [2.24, 2.45) is 0 Å². The van der Waals surface area contributed by atoms with Gasteiger partial charge in [0.2, 0.25) is 0 Å². The Bertz CT molecular complexity index is 881. The molecule has 0 saturated carbocycles. The minimum Gasteiger partial charge on any atom is -0.345 e. The zero-order chi connectivity index (χ0) is 16.6. The first-order valence-corrected chi connectivity index (χ1v) is 10.1. The van der Waals surface area contributed by atoms with Gasteiger partial charge >= 0.3 is 0 Å². The second-order valence-electron chi connectivity index (χ2n) is 7.13. The molecule has 2 aromatic heterocycles. The van der Waals surface area contributed by atoms with E-state index in [1.165, 1.54) is 59.5 Å². The Morgan fingerprint density at radius 3 is 2.72 bits per heavy atom. The number of fused-ring (bicyclic) bond motifs is 3. The molecular weight excluding hydrogens is 328 g/mol. The van der Waals surface area contributed by atoms with Crippen LogP contribution in [0.2, 0.25) is 0 Å². The number of nitrogens with zero attached hydrogens (tertiary/aromatic N) is 3. The fraction of sp³-hybridized carbons (Fsp3) is 0.400. The van der Waals surface area contributed by atoms with E-state index in [0.717, 1.165) is 19.6 Å². The number of hydrogen-bond acceptors (Lipinski definition) is 4. The minimum atomic E-state index is 1.08. The van der Waals surface area contributed by atoms with Crippen molar-refractivity contribution in [3.05, 3.63) is 52.7 Å². The molecule has 0 unspecified atom stereocenters. The van der Waals surface area contributed by atoms with Crippen molar-refractivity contribution in [1.82, 2.24) is 9.97 Å². The fourth-order valence-electron chi connectivity index (χ4n) is 4.25. The maximum Gasteiger partial charge on any atom is 0.141 e. The highest BCUT2D eigenvalue weighted by Gasteiger charge is 2.26. The van der Waals surface area contributed by atoms with Crippen molar-refractivity contribution in [3.63, 3.8) is 0 Å². The van der Waals surface area contributed by atoms with E-state index >= 15 is 0 Å². The molecular formula is C20H23N4S+. The van der Waals surface area contributed by atoms with Crippen LogP contribution in [0, 0.1) is 0 Å². The number of thiophene rings is 1. The zero-order valence-electron chi connectivity index (χ0n) is 14.4. The molecule has 0 amide bonds. The SMILES string of the molecule is c1ccc(C[NH+]2CCN(c3ncnc4sc5c(c34)CCC5)CC2)cc1. The minimum absolute atomic E-state index is 1.08. The van der Waals surface area contributed by atoms with Gasteiger partial charge in [0, 0.05) is 10.4 Å². The molecule has 1 aliphatic heterocycles. The van der Waals surface area contributed by atoms with Gasteiger partial charge in [0.05, 0.1) is 31.6 Å². The summed E-state index contributed by atoms with van der Waals surface area (Å²) in [5.74, 6) is 1.18. The highest BCUT2D eigenvalue weighted by atomic mass is 32.1. The molecule has 5 heteroatoms. The number of hydrogen-bond donors (Lipinski definition) is 1. The number of benzene rings is 1. The number of aromatic nitrogens is 2. The summed E-state index contributed by atoms with van der Waals surface area (Å²) < 4.78 is 0. The van der Waals surface area contributed by atoms with E-state index in [9.17, 15) is 0 Å². The molecule has 1 N–H and O–H groups in total. The largest absolute Gasteiger partial charge is 0.345 e. The molecule has 3 aromatic rings. The van der Waals surface area contributed by atoms with E-state index in [4.69, 9.17) is 4.98 Å². The van der Waals surface area contributed by atoms with E-state index in [2.05, 4.69) is 40.2 Å². The molecule has 0 spiro atoms. The average Bonchev–Trinajstić information content (AvgIpc) is 3.24. The first-order chi connectivity index (χ1) is 12.4. The number of nitrogens with one attached hydrogen (secondary N) is 1. The monoisotopic (exact) mass is 351 g/mol. The Morgan fingerprint density at radius 2 is 1.88 bits per heavy atom. The van der Waals surface area contributed by atoms with Crippen LogP contribution >= 0.6 is 11.3 Å². The van der Waals surface area contributed by atoms with Crippen LogP contribution in [0.5, 0.6) is 0 Å². The van der Waals surface area contributed by atoms with E-state index in [1.54, 1.807) is 16.1 Å². The summed E-state index contributed by atoms with van der Waals surface area (Å²) in [5.41, 5.74) is 2.97. The lowest BCUT2D eigenvalue weighted by Gasteiger charge is -2.33. The number of anilines is 1. The van der Waals surface area contributed by atoms with Crippen LogP contribution in [0.15, 0.2) is 36.7 Å². The molecule has 0 atom stereocenters. The van der Waals surface area contributed by atoms with Crippen molar-refractivity contribution in [3.8, 4) is 0 Å². The summed E-state index contributed by atoms with van der Waals surface area (Å²) in [5, 5.41) is 1.35. The molecule has 0 radical (unpaired) electrons. The van der Waals surface area contributed by atoms with Gasteiger partial charge in [0.1, 0.15) is 23.5 Å². The van der Waals surface area contributed by atoms with Crippen molar-refractivity contribution in [2.75, 3.05) is 31.1 Å². The van der Waals surface area contributed by atoms with E-state index in [-0.39, 0.29) is 0 Å². The third-order valence-corrected chi connectivity index (χ3v) is 6.75. The van der Waals surface area contributed by atoms with E-state index in [1.807, 2.05) is 11.3 Å². The van der Waals surface area contributed by atoms with E-state index in [0.29, 0.717) is 0 Å². The predicted octanol–water partition coefficient (Wildman–Crippen LogP) is 2.09. The van der Waals surface area contributed by atoms with E-state index < -0.39 is 0 Å². The smallest absolute Gasteiger partial charge is 0.141 e. The zero-order valence-corrected chi connectivity index (χ0v) is 15.2. The van der Waals surface area contributed by atoms with Gasteiger partial charge in [-0.1, -0.05) is 30.3 Å². The van der Waals surface area contributed by atoms with Gasteiger partial charge in [-0.2, -0.15) is 0 Å². The molecule has 1 saturated heterocycles. The van der Waals surface area contributed by atoms with Crippen LogP contribution in [0.25, 0.3) is 10.2 Å². The normalized spacial score (nSPS) is 18.0. The number of rotatable bonds is 3. The maximum absolute atomic E-state index is 4.70. The Hall–Kier alpha value is -1.98. The lowest BCUT2D eigenvalue weighted by Crippen LogP contribution is -3.13. The van der Waals surface area contributed by atoms with Crippen molar-refractivity contribution in [2.45, 2.75) is 25.8 Å². The molecule has 1 aliphatic carbocycles. The Kier molecular flexibility index (Phi) is 3.91. The van der Waals surface area contributed by atoms with Crippen LogP contribution in [0.1, 0.15) is 22.4 Å². The molecule has 2 aliphatic rings. The van der Waals surface area contributed by atoms with Gasteiger partial charge in [0.25, 0.3) is 0 Å². The average molecular weight is 351 g/mol. The van der Waals surface area contributed by atoms with Gasteiger partial charge in [-0.05, 0) is 24.8 Å². The summed E-state index contributed by atoms with van der Waals surface area (Å²) in [7, 11) is 0. The van der Waals surface area contributed by atoms with Crippen LogP contribution in [0.3, 0.4) is 0 Å². The summed E-state index contributed by atoms with van der Waals surface area (Å²) >= 11 is 1.88. The first kappa shape index (κ1) is 15.3. The highest BCUT2D eigenvalue weighted by molar-refractivity contribution is 7.19. The molecule has 128 valence electrons. The summed E-state index contributed by atoms with van der Waals surface area (Å²) in [6, 6.07) is 10.8. The van der Waals surface area contributed by atoms with Crippen molar-refractivity contribution < 1.29 is 4.90 Å². The standard InChI is InChI=1S/C20H22N4S/c1-2-5-15(6-3-1)13-23-9-11-24(12-10-23)19-18-16-7-4-8-17(16)25-20(18)22-14-21-19/h1-3,5-6,14H,4,7-13H2/p+1.